The van der Waals surface area contributed by atoms with Gasteiger partial charge in [0.05, 0.1) is 0 Å². The zero-order chi connectivity index (χ0) is 22.1. The summed E-state index contributed by atoms with van der Waals surface area (Å²) >= 11 is 0. The Morgan fingerprint density at radius 2 is 1.90 bits per heavy atom. The molecule has 10 nitrogen and oxygen atoms in total. The highest BCUT2D eigenvalue weighted by molar-refractivity contribution is 5.96. The van der Waals surface area contributed by atoms with Gasteiger partial charge in [0.1, 0.15) is 5.75 Å². The minimum atomic E-state index is -0.445. The number of nitrogen functional groups attached to an aromatic ring is 1. The van der Waals surface area contributed by atoms with E-state index >= 15 is 0 Å². The second kappa shape index (κ2) is 10.7. The topological polar surface area (TPSA) is 144 Å². The summed E-state index contributed by atoms with van der Waals surface area (Å²) in [6, 6.07) is 15.0. The van der Waals surface area contributed by atoms with Gasteiger partial charge in [-0.05, 0) is 47.1 Å². The van der Waals surface area contributed by atoms with E-state index in [2.05, 4.69) is 30.9 Å². The number of nitrogens with zero attached hydrogens (tertiary/aromatic N) is 2. The Morgan fingerprint density at radius 1 is 1.10 bits per heavy atom. The number of hydrogen-bond acceptors (Lipinski definition) is 8. The highest BCUT2D eigenvalue weighted by atomic mass is 16.6. The van der Waals surface area contributed by atoms with Crippen LogP contribution in [-0.2, 0) is 11.3 Å². The molecular weight excluding hydrogens is 400 g/mol. The SMILES string of the molecule is Cc1ccc(NC(=O)COc2cccc(CNCCNC(=O)c3nonc3N)c2)cc1. The number of aromatic nitrogens is 2. The average molecular weight is 424 g/mol. The van der Waals surface area contributed by atoms with Crippen LogP contribution in [0.25, 0.3) is 0 Å². The number of carbonyl (C=O) groups excluding carboxylic acids is 2. The van der Waals surface area contributed by atoms with Crippen LogP contribution in [0.2, 0.25) is 0 Å². The number of carbonyl (C=O) groups is 2. The molecule has 5 N–H and O–H groups in total. The molecule has 0 aliphatic heterocycles. The third-order valence-corrected chi connectivity index (χ3v) is 4.25. The Bertz CT molecular complexity index is 1020. The molecule has 10 heteroatoms. The van der Waals surface area contributed by atoms with Gasteiger partial charge in [-0.15, -0.1) is 0 Å². The van der Waals surface area contributed by atoms with Crippen molar-refractivity contribution in [2.75, 3.05) is 30.7 Å². The summed E-state index contributed by atoms with van der Waals surface area (Å²) in [7, 11) is 0. The molecule has 1 aromatic heterocycles. The highest BCUT2D eigenvalue weighted by Gasteiger charge is 2.14. The lowest BCUT2D eigenvalue weighted by Crippen LogP contribution is -2.32. The van der Waals surface area contributed by atoms with Gasteiger partial charge >= 0.3 is 0 Å². The largest absolute Gasteiger partial charge is 0.484 e. The highest BCUT2D eigenvalue weighted by Crippen LogP contribution is 2.14. The first-order valence-corrected chi connectivity index (χ1v) is 9.66. The summed E-state index contributed by atoms with van der Waals surface area (Å²) in [6.07, 6.45) is 0. The lowest BCUT2D eigenvalue weighted by Gasteiger charge is -2.10. The van der Waals surface area contributed by atoms with Crippen molar-refractivity contribution < 1.29 is 19.0 Å². The van der Waals surface area contributed by atoms with Gasteiger partial charge in [-0.25, -0.2) is 4.63 Å². The molecule has 0 spiro atoms. The van der Waals surface area contributed by atoms with Crippen LogP contribution in [0.15, 0.2) is 53.2 Å². The van der Waals surface area contributed by atoms with Crippen molar-refractivity contribution in [1.29, 1.82) is 0 Å². The molecule has 0 fully saturated rings. The van der Waals surface area contributed by atoms with Gasteiger partial charge in [0, 0.05) is 25.3 Å². The Labute approximate surface area is 179 Å². The van der Waals surface area contributed by atoms with E-state index < -0.39 is 5.91 Å². The van der Waals surface area contributed by atoms with Crippen molar-refractivity contribution in [3.63, 3.8) is 0 Å². The second-order valence-electron chi connectivity index (χ2n) is 6.78. The number of hydrogen-bond donors (Lipinski definition) is 4. The smallest absolute Gasteiger partial charge is 0.277 e. The number of nitrogens with two attached hydrogens (primary N) is 1. The third kappa shape index (κ3) is 6.82. The maximum atomic E-state index is 12.1. The van der Waals surface area contributed by atoms with Crippen molar-refractivity contribution in [3.8, 4) is 5.75 Å². The first kappa shape index (κ1) is 21.8. The first-order valence-electron chi connectivity index (χ1n) is 9.66. The molecule has 0 aliphatic rings. The van der Waals surface area contributed by atoms with Crippen LogP contribution < -0.4 is 26.4 Å². The maximum absolute atomic E-state index is 12.1. The minimum Gasteiger partial charge on any atom is -0.484 e. The lowest BCUT2D eigenvalue weighted by molar-refractivity contribution is -0.118. The Hall–Kier alpha value is -3.92. The average Bonchev–Trinajstić information content (AvgIpc) is 3.20. The summed E-state index contributed by atoms with van der Waals surface area (Å²) in [6.45, 7) is 3.37. The molecule has 2 aromatic carbocycles. The molecule has 3 rings (SSSR count). The van der Waals surface area contributed by atoms with Gasteiger partial charge < -0.3 is 26.4 Å². The fourth-order valence-electron chi connectivity index (χ4n) is 2.66. The van der Waals surface area contributed by atoms with Crippen LogP contribution in [0.1, 0.15) is 21.6 Å². The van der Waals surface area contributed by atoms with E-state index in [9.17, 15) is 9.59 Å². The normalized spacial score (nSPS) is 10.5. The predicted octanol–water partition coefficient (Wildman–Crippen LogP) is 1.50. The van der Waals surface area contributed by atoms with Crippen molar-refractivity contribution in [3.05, 3.63) is 65.4 Å². The zero-order valence-corrected chi connectivity index (χ0v) is 17.1. The van der Waals surface area contributed by atoms with Gasteiger partial charge in [0.15, 0.2) is 6.61 Å². The van der Waals surface area contributed by atoms with Gasteiger partial charge in [-0.1, -0.05) is 29.8 Å². The molecule has 3 aromatic rings. The van der Waals surface area contributed by atoms with Crippen LogP contribution in [0.3, 0.4) is 0 Å². The summed E-state index contributed by atoms with van der Waals surface area (Å²) in [5.41, 5.74) is 8.27. The number of ether oxygens (including phenoxy) is 1. The van der Waals surface area contributed by atoms with E-state index in [0.717, 1.165) is 16.8 Å². The molecule has 0 radical (unpaired) electrons. The van der Waals surface area contributed by atoms with Crippen LogP contribution in [0.5, 0.6) is 5.75 Å². The molecule has 0 bridgehead atoms. The number of amides is 2. The fourth-order valence-corrected chi connectivity index (χ4v) is 2.66. The number of nitrogens with one attached hydrogen (secondary N) is 3. The van der Waals surface area contributed by atoms with Crippen molar-refractivity contribution in [1.82, 2.24) is 20.9 Å². The molecule has 31 heavy (non-hydrogen) atoms. The number of benzene rings is 2. The maximum Gasteiger partial charge on any atom is 0.277 e. The van der Waals surface area contributed by atoms with Crippen molar-refractivity contribution in [2.24, 2.45) is 0 Å². The minimum absolute atomic E-state index is 0.0312. The van der Waals surface area contributed by atoms with Crippen molar-refractivity contribution >= 4 is 23.3 Å². The quantitative estimate of drug-likeness (QED) is 0.358. The number of aryl methyl sites for hydroxylation is 1. The predicted molar refractivity (Wildman–Crippen MR) is 114 cm³/mol. The van der Waals surface area contributed by atoms with E-state index in [0.29, 0.717) is 25.4 Å². The van der Waals surface area contributed by atoms with Gasteiger partial charge in [-0.3, -0.25) is 9.59 Å². The van der Waals surface area contributed by atoms with Crippen LogP contribution in [0.4, 0.5) is 11.5 Å². The fraction of sp³-hybridized carbons (Fsp3) is 0.238. The molecule has 0 saturated heterocycles. The first-order chi connectivity index (χ1) is 15.0. The standard InChI is InChI=1S/C21H24N6O4/c1-14-5-7-16(8-6-14)25-18(28)13-30-17-4-2-3-15(11-17)12-23-9-10-24-21(29)19-20(22)27-31-26-19/h2-8,11,23H,9-10,12-13H2,1H3,(H2,22,27)(H,24,29)(H,25,28). The second-order valence-corrected chi connectivity index (χ2v) is 6.78. The van der Waals surface area contributed by atoms with Crippen LogP contribution >= 0.6 is 0 Å². The van der Waals surface area contributed by atoms with Crippen LogP contribution in [0, 0.1) is 6.92 Å². The van der Waals surface area contributed by atoms with E-state index in [4.69, 9.17) is 10.5 Å². The third-order valence-electron chi connectivity index (χ3n) is 4.25. The van der Waals surface area contributed by atoms with E-state index in [-0.39, 0.29) is 24.0 Å². The lowest BCUT2D eigenvalue weighted by atomic mass is 10.2. The summed E-state index contributed by atoms with van der Waals surface area (Å²) in [4.78, 5) is 23.9. The summed E-state index contributed by atoms with van der Waals surface area (Å²) in [5, 5.41) is 15.5. The molecule has 162 valence electrons. The molecule has 0 aliphatic carbocycles. The zero-order valence-electron chi connectivity index (χ0n) is 17.1. The Kier molecular flexibility index (Phi) is 7.55. The monoisotopic (exact) mass is 424 g/mol. The Balaban J connectivity index is 1.36. The molecular formula is C21H24N6O4. The molecule has 0 saturated carbocycles. The van der Waals surface area contributed by atoms with Gasteiger partial charge in [-0.2, -0.15) is 0 Å². The molecule has 0 atom stereocenters. The number of rotatable bonds is 10. The van der Waals surface area contributed by atoms with E-state index in [1.54, 1.807) is 6.07 Å². The molecule has 2 amide bonds. The number of anilines is 2. The Morgan fingerprint density at radius 3 is 2.65 bits per heavy atom. The summed E-state index contributed by atoms with van der Waals surface area (Å²) in [5.74, 6) is -0.124. The van der Waals surface area contributed by atoms with Gasteiger partial charge in [0.25, 0.3) is 11.8 Å². The van der Waals surface area contributed by atoms with Crippen molar-refractivity contribution in [2.45, 2.75) is 13.5 Å². The molecule has 0 unspecified atom stereocenters. The molecule has 1 heterocycles. The summed E-state index contributed by atoms with van der Waals surface area (Å²) < 4.78 is 9.98. The van der Waals surface area contributed by atoms with Crippen LogP contribution in [-0.4, -0.2) is 41.8 Å². The van der Waals surface area contributed by atoms with E-state index in [1.807, 2.05) is 49.4 Å². The van der Waals surface area contributed by atoms with Gasteiger partial charge in [0.2, 0.25) is 11.5 Å². The van der Waals surface area contributed by atoms with E-state index in [1.165, 1.54) is 0 Å².